The van der Waals surface area contributed by atoms with Crippen LogP contribution in [-0.4, -0.2) is 29.3 Å². The Hall–Kier alpha value is -3.66. The molecule has 1 fully saturated rings. The number of nitrogens with one attached hydrogen (secondary N) is 2. The Morgan fingerprint density at radius 3 is 2.37 bits per heavy atom. The monoisotopic (exact) mass is 404 g/mol. The third kappa shape index (κ3) is 4.03. The number of aryl methyl sites for hydroxylation is 1. The van der Waals surface area contributed by atoms with E-state index in [1.165, 1.54) is 5.56 Å². The normalized spacial score (nSPS) is 19.2. The Morgan fingerprint density at radius 2 is 1.80 bits per heavy atom. The summed E-state index contributed by atoms with van der Waals surface area (Å²) in [7, 11) is 0. The van der Waals surface area contributed by atoms with Crippen molar-refractivity contribution in [3.8, 4) is 6.07 Å². The molecule has 1 heterocycles. The van der Waals surface area contributed by atoms with Crippen molar-refractivity contribution in [3.63, 3.8) is 0 Å². The highest BCUT2D eigenvalue weighted by molar-refractivity contribution is 6.09. The quantitative estimate of drug-likeness (QED) is 0.723. The first-order valence-electron chi connectivity index (χ1n) is 9.81. The van der Waals surface area contributed by atoms with Gasteiger partial charge in [0, 0.05) is 0 Å². The Bertz CT molecular complexity index is 1010. The summed E-state index contributed by atoms with van der Waals surface area (Å²) < 4.78 is 0. The van der Waals surface area contributed by atoms with E-state index >= 15 is 0 Å². The van der Waals surface area contributed by atoms with Crippen molar-refractivity contribution < 1.29 is 14.4 Å². The summed E-state index contributed by atoms with van der Waals surface area (Å²) in [4.78, 5) is 38.8. The molecule has 7 heteroatoms. The van der Waals surface area contributed by atoms with Crippen molar-refractivity contribution in [1.29, 1.82) is 5.26 Å². The van der Waals surface area contributed by atoms with Crippen LogP contribution >= 0.6 is 0 Å². The number of nitriles is 1. The van der Waals surface area contributed by atoms with Gasteiger partial charge in [0.1, 0.15) is 12.1 Å². The largest absolute Gasteiger partial charge is 0.348 e. The van der Waals surface area contributed by atoms with Crippen LogP contribution in [0.3, 0.4) is 0 Å². The number of carbonyl (C=O) groups excluding carboxylic acids is 3. The van der Waals surface area contributed by atoms with Gasteiger partial charge in [-0.15, -0.1) is 0 Å². The second-order valence-corrected chi connectivity index (χ2v) is 7.52. The zero-order valence-electron chi connectivity index (χ0n) is 17.2. The van der Waals surface area contributed by atoms with Gasteiger partial charge < -0.3 is 10.6 Å². The minimum atomic E-state index is -1.28. The molecule has 4 amide bonds. The zero-order valence-corrected chi connectivity index (χ0v) is 17.2. The lowest BCUT2D eigenvalue weighted by Crippen LogP contribution is -2.43. The molecule has 1 saturated heterocycles. The predicted molar refractivity (Wildman–Crippen MR) is 111 cm³/mol. The SMILES string of the molecule is CCc1ccc(C(C)NC(=O)CN2C(=O)NC(C)(c3ccc(C#N)cc3)C2=O)cc1. The number of rotatable bonds is 6. The van der Waals surface area contributed by atoms with Gasteiger partial charge in [-0.2, -0.15) is 5.26 Å². The maximum absolute atomic E-state index is 13.0. The topological polar surface area (TPSA) is 102 Å². The van der Waals surface area contributed by atoms with Crippen molar-refractivity contribution in [2.45, 2.75) is 38.8 Å². The smallest absolute Gasteiger partial charge is 0.325 e. The van der Waals surface area contributed by atoms with Crippen LogP contribution in [0.4, 0.5) is 4.79 Å². The third-order valence-electron chi connectivity index (χ3n) is 5.43. The molecule has 2 atom stereocenters. The number of nitrogens with zero attached hydrogens (tertiary/aromatic N) is 2. The minimum Gasteiger partial charge on any atom is -0.348 e. The lowest BCUT2D eigenvalue weighted by Gasteiger charge is -2.22. The van der Waals surface area contributed by atoms with Gasteiger partial charge in [0.2, 0.25) is 5.91 Å². The fraction of sp³-hybridized carbons (Fsp3) is 0.304. The summed E-state index contributed by atoms with van der Waals surface area (Å²) in [6.45, 7) is 5.15. The maximum atomic E-state index is 13.0. The molecular weight excluding hydrogens is 380 g/mol. The number of urea groups is 1. The molecule has 3 rings (SSSR count). The van der Waals surface area contributed by atoms with E-state index < -0.39 is 23.4 Å². The van der Waals surface area contributed by atoms with Gasteiger partial charge in [-0.1, -0.05) is 43.3 Å². The molecule has 2 aromatic rings. The number of hydrogen-bond donors (Lipinski definition) is 2. The van der Waals surface area contributed by atoms with Gasteiger partial charge in [-0.3, -0.25) is 14.5 Å². The molecule has 0 aliphatic carbocycles. The fourth-order valence-corrected chi connectivity index (χ4v) is 3.47. The molecule has 7 nitrogen and oxygen atoms in total. The number of carbonyl (C=O) groups is 3. The summed E-state index contributed by atoms with van der Waals surface area (Å²) in [6, 6.07) is 15.5. The molecule has 2 N–H and O–H groups in total. The van der Waals surface area contributed by atoms with E-state index in [0.29, 0.717) is 11.1 Å². The van der Waals surface area contributed by atoms with Crippen molar-refractivity contribution in [2.75, 3.05) is 6.54 Å². The molecule has 1 aliphatic rings. The van der Waals surface area contributed by atoms with Crippen molar-refractivity contribution in [3.05, 3.63) is 70.8 Å². The zero-order chi connectivity index (χ0) is 21.9. The van der Waals surface area contributed by atoms with Crippen molar-refractivity contribution in [1.82, 2.24) is 15.5 Å². The summed E-state index contributed by atoms with van der Waals surface area (Å²) in [6.07, 6.45) is 0.936. The standard InChI is InChI=1S/C23H24N4O3/c1-4-16-5-9-18(10-6-16)15(2)25-20(28)14-27-21(29)23(3,26-22(27)30)19-11-7-17(13-24)8-12-19/h5-12,15H,4,14H2,1-3H3,(H,25,28)(H,26,30). The van der Waals surface area contributed by atoms with Gasteiger partial charge in [0.05, 0.1) is 17.7 Å². The second-order valence-electron chi connectivity index (χ2n) is 7.52. The minimum absolute atomic E-state index is 0.255. The van der Waals surface area contributed by atoms with E-state index in [9.17, 15) is 14.4 Å². The van der Waals surface area contributed by atoms with Gasteiger partial charge in [0.15, 0.2) is 0 Å². The molecule has 2 unspecified atom stereocenters. The van der Waals surface area contributed by atoms with E-state index in [4.69, 9.17) is 5.26 Å². The van der Waals surface area contributed by atoms with Crippen LogP contribution in [0.2, 0.25) is 0 Å². The first-order valence-corrected chi connectivity index (χ1v) is 9.81. The molecule has 154 valence electrons. The van der Waals surface area contributed by atoms with Crippen molar-refractivity contribution >= 4 is 17.8 Å². The second kappa shape index (κ2) is 8.37. The highest BCUT2D eigenvalue weighted by Gasteiger charge is 2.49. The summed E-state index contributed by atoms with van der Waals surface area (Å²) in [5, 5.41) is 14.4. The van der Waals surface area contributed by atoms with Crippen LogP contribution < -0.4 is 10.6 Å². The molecule has 0 saturated carbocycles. The Labute approximate surface area is 175 Å². The van der Waals surface area contributed by atoms with Gasteiger partial charge in [-0.05, 0) is 49.1 Å². The summed E-state index contributed by atoms with van der Waals surface area (Å²) in [5.41, 5.74) is 1.87. The van der Waals surface area contributed by atoms with Crippen LogP contribution in [0.5, 0.6) is 0 Å². The predicted octanol–water partition coefficient (Wildman–Crippen LogP) is 2.77. The molecule has 2 aromatic carbocycles. The molecule has 0 aromatic heterocycles. The average Bonchev–Trinajstić information content (AvgIpc) is 2.97. The van der Waals surface area contributed by atoms with E-state index in [1.54, 1.807) is 31.2 Å². The third-order valence-corrected chi connectivity index (χ3v) is 5.43. The van der Waals surface area contributed by atoms with E-state index in [1.807, 2.05) is 37.3 Å². The summed E-state index contributed by atoms with van der Waals surface area (Å²) in [5.74, 6) is -0.929. The van der Waals surface area contributed by atoms with Gasteiger partial charge in [0.25, 0.3) is 5.91 Å². The molecular formula is C23H24N4O3. The van der Waals surface area contributed by atoms with Crippen LogP contribution in [0.15, 0.2) is 48.5 Å². The van der Waals surface area contributed by atoms with Gasteiger partial charge in [-0.25, -0.2) is 4.79 Å². The molecule has 1 aliphatic heterocycles. The van der Waals surface area contributed by atoms with E-state index in [2.05, 4.69) is 17.6 Å². The number of imide groups is 1. The fourth-order valence-electron chi connectivity index (χ4n) is 3.47. The van der Waals surface area contributed by atoms with Crippen LogP contribution in [-0.2, 0) is 21.5 Å². The number of hydrogen-bond acceptors (Lipinski definition) is 4. The highest BCUT2D eigenvalue weighted by atomic mass is 16.2. The maximum Gasteiger partial charge on any atom is 0.325 e. The average molecular weight is 404 g/mol. The number of amides is 4. The molecule has 0 radical (unpaired) electrons. The molecule has 30 heavy (non-hydrogen) atoms. The molecule has 0 bridgehead atoms. The lowest BCUT2D eigenvalue weighted by atomic mass is 9.91. The number of benzene rings is 2. The lowest BCUT2D eigenvalue weighted by molar-refractivity contribution is -0.135. The Morgan fingerprint density at radius 1 is 1.17 bits per heavy atom. The summed E-state index contributed by atoms with van der Waals surface area (Å²) >= 11 is 0. The van der Waals surface area contributed by atoms with Crippen molar-refractivity contribution in [2.24, 2.45) is 0 Å². The van der Waals surface area contributed by atoms with Gasteiger partial charge >= 0.3 is 6.03 Å². The Kier molecular flexibility index (Phi) is 5.88. The Balaban J connectivity index is 1.68. The van der Waals surface area contributed by atoms with E-state index in [-0.39, 0.29) is 12.6 Å². The first kappa shape index (κ1) is 21.1. The first-order chi connectivity index (χ1) is 14.3. The van der Waals surface area contributed by atoms with Crippen LogP contribution in [0.1, 0.15) is 49.1 Å². The highest BCUT2D eigenvalue weighted by Crippen LogP contribution is 2.29. The van der Waals surface area contributed by atoms with Crippen LogP contribution in [0, 0.1) is 11.3 Å². The molecule has 0 spiro atoms. The van der Waals surface area contributed by atoms with E-state index in [0.717, 1.165) is 16.9 Å². The van der Waals surface area contributed by atoms with Crippen LogP contribution in [0.25, 0.3) is 0 Å².